The van der Waals surface area contributed by atoms with Gasteiger partial charge in [-0.15, -0.1) is 0 Å². The van der Waals surface area contributed by atoms with Gasteiger partial charge in [-0.05, 0) is 9.05 Å². The number of hydrogen-bond donors (Lipinski definition) is 1. The SMILES string of the molecule is CC1(O)O[P+](=O)O[P+](=O)O1.[K].[K]. The summed E-state index contributed by atoms with van der Waals surface area (Å²) in [6.07, 6.45) is 0. The van der Waals surface area contributed by atoms with Crippen LogP contribution in [0.5, 0.6) is 0 Å². The minimum atomic E-state index is -2.53. The smallest absolute Gasteiger partial charge is 0.337 e. The van der Waals surface area contributed by atoms with E-state index in [1.165, 1.54) is 0 Å². The molecule has 0 aromatic carbocycles. The van der Waals surface area contributed by atoms with E-state index < -0.39 is 22.5 Å². The Bertz CT molecular complexity index is 176. The Morgan fingerprint density at radius 2 is 1.50 bits per heavy atom. The zero-order valence-corrected chi connectivity index (χ0v) is 14.9. The topological polar surface area (TPSA) is 82.1 Å². The zero-order chi connectivity index (χ0) is 7.78. The second kappa shape index (κ2) is 7.56. The molecule has 2 radical (unpaired) electrons. The second-order valence-corrected chi connectivity index (χ2v) is 3.52. The van der Waals surface area contributed by atoms with Crippen molar-refractivity contribution in [1.82, 2.24) is 0 Å². The van der Waals surface area contributed by atoms with Gasteiger partial charge >= 0.3 is 22.5 Å². The van der Waals surface area contributed by atoms with Gasteiger partial charge < -0.3 is 5.11 Å². The molecule has 0 aliphatic carbocycles. The Labute approximate surface area is 156 Å². The van der Waals surface area contributed by atoms with Crippen LogP contribution in [0.4, 0.5) is 0 Å². The van der Waals surface area contributed by atoms with Crippen LogP contribution in [-0.4, -0.2) is 114 Å². The normalized spacial score (nSPS) is 34.8. The predicted molar refractivity (Wildman–Crippen MR) is 40.6 cm³/mol. The molecule has 1 N–H and O–H groups in total. The van der Waals surface area contributed by atoms with Crippen molar-refractivity contribution in [3.05, 3.63) is 0 Å². The summed E-state index contributed by atoms with van der Waals surface area (Å²) in [6.45, 7) is 1.07. The van der Waals surface area contributed by atoms with Crippen LogP contribution in [-0.2, 0) is 22.5 Å². The van der Waals surface area contributed by atoms with E-state index in [1.807, 2.05) is 0 Å². The molecule has 2 atom stereocenters. The Hall–Kier alpha value is 3.31. The Morgan fingerprint density at radius 3 is 1.75 bits per heavy atom. The minimum absolute atomic E-state index is 0. The summed E-state index contributed by atoms with van der Waals surface area (Å²) in [7, 11) is -5.06. The van der Waals surface area contributed by atoms with Gasteiger partial charge in [0, 0.05) is 119 Å². The van der Waals surface area contributed by atoms with Crippen LogP contribution in [0, 0.1) is 0 Å². The maximum atomic E-state index is 10.4. The molecule has 1 rings (SSSR count). The van der Waals surface area contributed by atoms with Crippen LogP contribution in [0.1, 0.15) is 6.92 Å². The largest absolute Gasteiger partial charge is 0.753 e. The molecule has 0 aromatic rings. The molecule has 0 saturated carbocycles. The Balaban J connectivity index is 0. The summed E-state index contributed by atoms with van der Waals surface area (Å²) in [5.41, 5.74) is 0. The first-order valence-corrected chi connectivity index (χ1v) is 4.42. The van der Waals surface area contributed by atoms with Gasteiger partial charge in [-0.25, -0.2) is 0 Å². The van der Waals surface area contributed by atoms with Crippen molar-refractivity contribution in [3.63, 3.8) is 0 Å². The summed E-state index contributed by atoms with van der Waals surface area (Å²) in [5, 5.41) is 8.82. The summed E-state index contributed by atoms with van der Waals surface area (Å²) in [5.74, 6) is -2.07. The van der Waals surface area contributed by atoms with Gasteiger partial charge in [0.15, 0.2) is 4.31 Å². The molecule has 0 amide bonds. The quantitative estimate of drug-likeness (QED) is 0.499. The van der Waals surface area contributed by atoms with Crippen molar-refractivity contribution in [2.45, 2.75) is 12.9 Å². The third-order valence-corrected chi connectivity index (χ3v) is 2.66. The van der Waals surface area contributed by atoms with Crippen LogP contribution in [0.3, 0.4) is 0 Å². The van der Waals surface area contributed by atoms with Crippen LogP contribution in [0.15, 0.2) is 0 Å². The molecule has 0 bridgehead atoms. The van der Waals surface area contributed by atoms with Crippen molar-refractivity contribution in [1.29, 1.82) is 0 Å². The van der Waals surface area contributed by atoms with Gasteiger partial charge in [-0.3, -0.25) is 0 Å². The van der Waals surface area contributed by atoms with Crippen LogP contribution < -0.4 is 0 Å². The average Bonchev–Trinajstić information content (AvgIpc) is 1.54. The molecule has 6 nitrogen and oxygen atoms in total. The summed E-state index contributed by atoms with van der Waals surface area (Å²) in [6, 6.07) is 0. The molecule has 10 heteroatoms. The third-order valence-electron chi connectivity index (χ3n) is 0.621. The first-order chi connectivity index (χ1) is 4.49. The van der Waals surface area contributed by atoms with E-state index in [0.29, 0.717) is 0 Å². The standard InChI is InChI=1S/C2H4O6P2.2K/c1-2(3)6-9(4)8-10(5)7-2;;/h3H,1H3;;/q+2;;. The summed E-state index contributed by atoms with van der Waals surface area (Å²) < 4.78 is 33.1. The van der Waals surface area contributed by atoms with E-state index in [1.54, 1.807) is 0 Å². The van der Waals surface area contributed by atoms with E-state index >= 15 is 0 Å². The zero-order valence-electron chi connectivity index (χ0n) is 6.88. The van der Waals surface area contributed by atoms with E-state index in [2.05, 4.69) is 13.4 Å². The molecular weight excluding hydrogens is 260 g/mol. The molecule has 1 heterocycles. The second-order valence-electron chi connectivity index (χ2n) is 1.61. The number of aliphatic hydroxyl groups is 1. The van der Waals surface area contributed by atoms with Gasteiger partial charge in [0.1, 0.15) is 0 Å². The van der Waals surface area contributed by atoms with Crippen molar-refractivity contribution in [2.24, 2.45) is 0 Å². The van der Waals surface area contributed by atoms with Crippen molar-refractivity contribution in [2.75, 3.05) is 0 Å². The van der Waals surface area contributed by atoms with Crippen molar-refractivity contribution in [3.8, 4) is 0 Å². The first kappa shape index (κ1) is 17.7. The predicted octanol–water partition coefficient (Wildman–Crippen LogP) is 0.269. The Kier molecular flexibility index (Phi) is 11.2. The average molecular weight is 264 g/mol. The first-order valence-electron chi connectivity index (χ1n) is 2.23. The molecule has 0 spiro atoms. The maximum Gasteiger partial charge on any atom is 0.753 e. The van der Waals surface area contributed by atoms with Crippen LogP contribution in [0.2, 0.25) is 0 Å². The maximum absolute atomic E-state index is 10.4. The molecule has 0 aromatic heterocycles. The third kappa shape index (κ3) is 6.73. The van der Waals surface area contributed by atoms with E-state index in [0.717, 1.165) is 6.92 Å². The molecule has 1 aliphatic rings. The summed E-state index contributed by atoms with van der Waals surface area (Å²) >= 11 is 0. The van der Waals surface area contributed by atoms with Gasteiger partial charge in [0.25, 0.3) is 0 Å². The number of hydrogen-bond acceptors (Lipinski definition) is 6. The van der Waals surface area contributed by atoms with Crippen molar-refractivity contribution < 1.29 is 27.6 Å². The monoisotopic (exact) mass is 264 g/mol. The summed E-state index contributed by atoms with van der Waals surface area (Å²) in [4.78, 5) is 0. The van der Waals surface area contributed by atoms with E-state index in [4.69, 9.17) is 5.11 Å². The van der Waals surface area contributed by atoms with E-state index in [9.17, 15) is 9.13 Å². The van der Waals surface area contributed by atoms with E-state index in [-0.39, 0.29) is 103 Å². The van der Waals surface area contributed by atoms with Gasteiger partial charge in [0.05, 0.1) is 0 Å². The molecule has 1 saturated heterocycles. The fourth-order valence-electron chi connectivity index (χ4n) is 0.381. The molecular formula is C2H4K2O6P2+2. The molecule has 2 unspecified atom stereocenters. The Morgan fingerprint density at radius 1 is 1.17 bits per heavy atom. The fraction of sp³-hybridized carbons (Fsp3) is 1.00. The van der Waals surface area contributed by atoms with Gasteiger partial charge in [0.2, 0.25) is 0 Å². The van der Waals surface area contributed by atoms with Crippen LogP contribution in [0.25, 0.3) is 0 Å². The minimum Gasteiger partial charge on any atom is -0.337 e. The molecule has 58 valence electrons. The number of rotatable bonds is 0. The van der Waals surface area contributed by atoms with Gasteiger partial charge in [-0.2, -0.15) is 0 Å². The van der Waals surface area contributed by atoms with Crippen LogP contribution >= 0.6 is 16.5 Å². The fourth-order valence-corrected chi connectivity index (χ4v) is 1.77. The molecule has 1 fully saturated rings. The van der Waals surface area contributed by atoms with Gasteiger partial charge in [-0.1, -0.05) is 0 Å². The van der Waals surface area contributed by atoms with Crippen molar-refractivity contribution >= 4 is 119 Å². The molecule has 1 aliphatic heterocycles. The molecule has 12 heavy (non-hydrogen) atoms.